The van der Waals surface area contributed by atoms with E-state index >= 15 is 0 Å². The second kappa shape index (κ2) is 13.7. The number of piperazine rings is 1. The minimum atomic E-state index is 0.331. The third kappa shape index (κ3) is 6.45. The first-order chi connectivity index (χ1) is 24.8. The van der Waals surface area contributed by atoms with Gasteiger partial charge < -0.3 is 24.1 Å². The van der Waals surface area contributed by atoms with E-state index in [1.165, 1.54) is 29.5 Å². The fourth-order valence-electron chi connectivity index (χ4n) is 8.67. The summed E-state index contributed by atoms with van der Waals surface area (Å²) < 4.78 is 17.3. The number of methoxy groups -OCH3 is 2. The van der Waals surface area contributed by atoms with Crippen LogP contribution in [0, 0.1) is 5.41 Å². The second-order valence-corrected chi connectivity index (χ2v) is 14.9. The number of anilines is 1. The number of nitrogens with one attached hydrogen (secondary N) is 1. The summed E-state index contributed by atoms with van der Waals surface area (Å²) in [5.41, 5.74) is 6.92. The van der Waals surface area contributed by atoms with E-state index in [4.69, 9.17) is 14.2 Å². The Bertz CT molecular complexity index is 2030. The van der Waals surface area contributed by atoms with Crippen LogP contribution in [-0.4, -0.2) is 79.0 Å². The van der Waals surface area contributed by atoms with Crippen LogP contribution in [0.5, 0.6) is 23.0 Å². The monoisotopic (exact) mass is 685 g/mol. The molecule has 4 heterocycles. The number of carbonyl (C=O) groups is 1. The fourth-order valence-corrected chi connectivity index (χ4v) is 8.67. The Balaban J connectivity index is 0.956. The largest absolute Gasteiger partial charge is 0.493 e. The Morgan fingerprint density at radius 3 is 2.55 bits per heavy atom. The number of fused-ring (bicyclic) bond motifs is 1. The molecule has 1 saturated carbocycles. The summed E-state index contributed by atoms with van der Waals surface area (Å²) in [5, 5.41) is 0.967. The van der Waals surface area contributed by atoms with Crippen molar-refractivity contribution in [2.75, 3.05) is 51.8 Å². The molecule has 1 spiro atoms. The van der Waals surface area contributed by atoms with Crippen molar-refractivity contribution in [2.24, 2.45) is 5.41 Å². The van der Waals surface area contributed by atoms with Gasteiger partial charge in [-0.3, -0.25) is 14.6 Å². The number of carbonyl (C=O) groups excluding carboxylic acids is 1. The minimum absolute atomic E-state index is 0.331. The topological polar surface area (TPSA) is 83.2 Å². The van der Waals surface area contributed by atoms with Crippen molar-refractivity contribution in [3.05, 3.63) is 107 Å². The number of H-pyrrole nitrogens is 1. The molecule has 0 amide bonds. The summed E-state index contributed by atoms with van der Waals surface area (Å²) in [6.07, 6.45) is 6.82. The van der Waals surface area contributed by atoms with Crippen molar-refractivity contribution in [1.82, 2.24) is 19.8 Å². The molecule has 9 heteroatoms. The lowest BCUT2D eigenvalue weighted by molar-refractivity contribution is -0.0647. The number of aldehydes is 1. The first-order valence-corrected chi connectivity index (χ1v) is 18.1. The van der Waals surface area contributed by atoms with Gasteiger partial charge in [-0.25, -0.2) is 4.98 Å². The fraction of sp³-hybridized carbons (Fsp3) is 0.381. The van der Waals surface area contributed by atoms with Crippen LogP contribution >= 0.6 is 0 Å². The van der Waals surface area contributed by atoms with Crippen molar-refractivity contribution in [1.29, 1.82) is 0 Å². The van der Waals surface area contributed by atoms with E-state index in [1.54, 1.807) is 20.4 Å². The highest BCUT2D eigenvalue weighted by atomic mass is 16.5. The molecule has 8 rings (SSSR count). The predicted molar refractivity (Wildman–Crippen MR) is 200 cm³/mol. The maximum atomic E-state index is 11.9. The number of nitrogens with zero attached hydrogens (tertiary/aromatic N) is 4. The van der Waals surface area contributed by atoms with Crippen molar-refractivity contribution >= 4 is 23.0 Å². The Labute approximate surface area is 300 Å². The molecule has 2 aromatic heterocycles. The predicted octanol–water partition coefficient (Wildman–Crippen LogP) is 7.84. The zero-order valence-electron chi connectivity index (χ0n) is 30.0. The lowest BCUT2D eigenvalue weighted by Gasteiger charge is -2.63. The van der Waals surface area contributed by atoms with Crippen LogP contribution < -0.4 is 19.1 Å². The molecular weight excluding hydrogens is 638 g/mol. The zero-order chi connectivity index (χ0) is 35.1. The van der Waals surface area contributed by atoms with Crippen LogP contribution in [0.4, 0.5) is 5.69 Å². The molecular formula is C42H47N5O4. The van der Waals surface area contributed by atoms with E-state index in [9.17, 15) is 4.79 Å². The number of rotatable bonds is 11. The van der Waals surface area contributed by atoms with E-state index in [0.29, 0.717) is 40.5 Å². The average molecular weight is 686 g/mol. The minimum Gasteiger partial charge on any atom is -0.493 e. The Morgan fingerprint density at radius 2 is 1.76 bits per heavy atom. The van der Waals surface area contributed by atoms with Gasteiger partial charge in [0.15, 0.2) is 17.8 Å². The summed E-state index contributed by atoms with van der Waals surface area (Å²) >= 11 is 0. The van der Waals surface area contributed by atoms with E-state index in [2.05, 4.69) is 74.9 Å². The summed E-state index contributed by atoms with van der Waals surface area (Å²) in [6.45, 7) is 10.6. The smallest absolute Gasteiger partial charge is 0.161 e. The van der Waals surface area contributed by atoms with Gasteiger partial charge in [-0.15, -0.1) is 0 Å². The van der Waals surface area contributed by atoms with Gasteiger partial charge in [-0.1, -0.05) is 44.2 Å². The molecule has 2 aliphatic heterocycles. The highest BCUT2D eigenvalue weighted by Crippen LogP contribution is 2.53. The number of pyridine rings is 1. The van der Waals surface area contributed by atoms with Crippen LogP contribution in [0.3, 0.4) is 0 Å². The zero-order valence-corrected chi connectivity index (χ0v) is 30.0. The lowest BCUT2D eigenvalue weighted by atomic mass is 9.59. The quantitative estimate of drug-likeness (QED) is 0.141. The van der Waals surface area contributed by atoms with Crippen LogP contribution in [0.2, 0.25) is 0 Å². The molecule has 1 aliphatic carbocycles. The van der Waals surface area contributed by atoms with E-state index < -0.39 is 0 Å². The number of hydrogen-bond donors (Lipinski definition) is 1. The van der Waals surface area contributed by atoms with Crippen LogP contribution in [0.1, 0.15) is 65.7 Å². The molecule has 1 N–H and O–H groups in total. The molecule has 2 saturated heterocycles. The Hall–Kier alpha value is -4.86. The lowest BCUT2D eigenvalue weighted by Crippen LogP contribution is -2.68. The molecule has 0 unspecified atom stereocenters. The summed E-state index contributed by atoms with van der Waals surface area (Å²) in [5.74, 6) is 3.17. The van der Waals surface area contributed by atoms with Crippen molar-refractivity contribution in [3.8, 4) is 23.0 Å². The number of aromatic amines is 1. The first-order valence-electron chi connectivity index (χ1n) is 18.1. The maximum absolute atomic E-state index is 11.9. The van der Waals surface area contributed by atoms with Gasteiger partial charge in [0.2, 0.25) is 0 Å². The van der Waals surface area contributed by atoms with Gasteiger partial charge in [-0.05, 0) is 71.8 Å². The highest BCUT2D eigenvalue weighted by molar-refractivity contribution is 5.82. The van der Waals surface area contributed by atoms with Gasteiger partial charge in [-0.2, -0.15) is 0 Å². The van der Waals surface area contributed by atoms with Gasteiger partial charge in [0.05, 0.1) is 26.0 Å². The molecule has 3 aliphatic rings. The molecule has 51 heavy (non-hydrogen) atoms. The SMILES string of the molecule is COc1ccc(CN2CCN(C3CC4(C3)CN(c3ccc(C=O)c(Oc5cnc6[nH]ccc6c5)c3)C4)[C@H](c3ccccc3C(C)C)C2)cc1OC. The van der Waals surface area contributed by atoms with Crippen molar-refractivity contribution in [2.45, 2.75) is 51.2 Å². The average Bonchev–Trinajstić information content (AvgIpc) is 3.59. The molecule has 0 bridgehead atoms. The number of benzene rings is 3. The number of aromatic nitrogens is 2. The van der Waals surface area contributed by atoms with Crippen LogP contribution in [0.15, 0.2) is 85.2 Å². The summed E-state index contributed by atoms with van der Waals surface area (Å²) in [7, 11) is 3.38. The van der Waals surface area contributed by atoms with Gasteiger partial charge in [0, 0.05) is 80.1 Å². The highest BCUT2D eigenvalue weighted by Gasteiger charge is 2.55. The molecule has 0 radical (unpaired) electrons. The maximum Gasteiger partial charge on any atom is 0.161 e. The third-order valence-electron chi connectivity index (χ3n) is 11.3. The van der Waals surface area contributed by atoms with Gasteiger partial charge >= 0.3 is 0 Å². The molecule has 3 fully saturated rings. The van der Waals surface area contributed by atoms with Crippen molar-refractivity contribution in [3.63, 3.8) is 0 Å². The van der Waals surface area contributed by atoms with Crippen molar-refractivity contribution < 1.29 is 19.0 Å². The van der Waals surface area contributed by atoms with Crippen LogP contribution in [-0.2, 0) is 6.54 Å². The molecule has 1 atom stereocenters. The van der Waals surface area contributed by atoms with E-state index in [0.717, 1.165) is 73.8 Å². The van der Waals surface area contributed by atoms with E-state index in [1.807, 2.05) is 42.6 Å². The van der Waals surface area contributed by atoms with Gasteiger partial charge in [0.1, 0.15) is 17.1 Å². The summed E-state index contributed by atoms with van der Waals surface area (Å²) in [6, 6.07) is 26.1. The molecule has 9 nitrogen and oxygen atoms in total. The standard InChI is InChI=1S/C42H47N5O4/c1-28(2)35-7-5-6-8-36(35)37-24-45(23-29-9-12-38(49-3)40(17-29)50-4)15-16-47(37)33-20-42(21-33)26-46(27-42)32-11-10-31(25-48)39(19-32)51-34-18-30-13-14-43-41(30)44-22-34/h5-14,17-19,22,25,28,33,37H,15-16,20-21,23-24,26-27H2,1-4H3,(H,43,44)/t37-/m0/s1. The second-order valence-electron chi connectivity index (χ2n) is 14.9. The van der Waals surface area contributed by atoms with Crippen LogP contribution in [0.25, 0.3) is 11.0 Å². The molecule has 264 valence electrons. The van der Waals surface area contributed by atoms with Gasteiger partial charge in [0.25, 0.3) is 0 Å². The summed E-state index contributed by atoms with van der Waals surface area (Å²) in [4.78, 5) is 27.3. The first kappa shape index (κ1) is 33.3. The molecule has 3 aromatic carbocycles. The number of hydrogen-bond acceptors (Lipinski definition) is 8. The van der Waals surface area contributed by atoms with E-state index in [-0.39, 0.29) is 0 Å². The number of ether oxygens (including phenoxy) is 3. The Kier molecular flexibility index (Phi) is 8.94. The molecule has 5 aromatic rings. The third-order valence-corrected chi connectivity index (χ3v) is 11.3. The Morgan fingerprint density at radius 1 is 0.941 bits per heavy atom. The normalized spacial score (nSPS) is 19.2.